The fourth-order valence-corrected chi connectivity index (χ4v) is 7.25. The lowest BCUT2D eigenvalue weighted by atomic mass is 9.91. The second-order valence-electron chi connectivity index (χ2n) is 11.7. The summed E-state index contributed by atoms with van der Waals surface area (Å²) in [6, 6.07) is 6.78. The molecule has 0 saturated carbocycles. The van der Waals surface area contributed by atoms with E-state index in [-0.39, 0.29) is 38.1 Å². The van der Waals surface area contributed by atoms with E-state index in [0.717, 1.165) is 31.5 Å². The molecule has 2 saturated heterocycles. The summed E-state index contributed by atoms with van der Waals surface area (Å²) in [5.74, 6) is -0.854. The number of hydrogen-bond acceptors (Lipinski definition) is 8. The van der Waals surface area contributed by atoms with Gasteiger partial charge in [0.05, 0.1) is 17.4 Å². The number of carbonyl (C=O) groups is 2. The van der Waals surface area contributed by atoms with Crippen molar-refractivity contribution in [2.75, 3.05) is 39.3 Å². The second-order valence-corrected chi connectivity index (χ2v) is 13.7. The Kier molecular flexibility index (Phi) is 6.51. The van der Waals surface area contributed by atoms with Crippen LogP contribution in [0, 0.1) is 11.8 Å². The first-order valence-corrected chi connectivity index (χ1v) is 16.5. The maximum atomic E-state index is 13.1. The Morgan fingerprint density at radius 1 is 1.14 bits per heavy atom. The predicted molar refractivity (Wildman–Crippen MR) is 205 cm³/mol. The van der Waals surface area contributed by atoms with E-state index in [1.165, 1.54) is 4.31 Å². The van der Waals surface area contributed by atoms with Crippen LogP contribution < -0.4 is 5.32 Å². The van der Waals surface area contributed by atoms with Crippen molar-refractivity contribution in [1.82, 2.24) is 14.5 Å². The van der Waals surface area contributed by atoms with E-state index in [4.69, 9.17) is 60.0 Å². The molecule has 4 rings (SSSR count). The van der Waals surface area contributed by atoms with Gasteiger partial charge in [0.2, 0.25) is 10.0 Å². The van der Waals surface area contributed by atoms with Gasteiger partial charge in [0.1, 0.15) is 12.2 Å². The van der Waals surface area contributed by atoms with Crippen molar-refractivity contribution in [1.29, 1.82) is 0 Å². The number of amides is 1. The number of carbonyl (C=O) groups excluding carboxylic acids is 2. The fourth-order valence-electron chi connectivity index (χ4n) is 5.68. The summed E-state index contributed by atoms with van der Waals surface area (Å²) in [5, 5.41) is 13.8. The Hall–Kier alpha value is -2.73. The number of hydrogen-bond donors (Lipinski definition) is 2. The number of rotatable bonds is 5. The predicted octanol–water partition coefficient (Wildman–Crippen LogP) is 8.63. The molecule has 0 aliphatic carbocycles. The molecule has 0 unspecified atom stereocenters. The van der Waals surface area contributed by atoms with Crippen LogP contribution in [0.4, 0.5) is 4.79 Å². The quantitative estimate of drug-likeness (QED) is 0.232. The Morgan fingerprint density at radius 2 is 1.84 bits per heavy atom. The zero-order valence-electron chi connectivity index (χ0n) is 58.9. The van der Waals surface area contributed by atoms with Gasteiger partial charge in [-0.3, -0.25) is 4.79 Å². The lowest BCUT2D eigenvalue weighted by Gasteiger charge is -2.31. The number of cyclic esters (lactones) is 1. The SMILES string of the molecule is C.C/C(=C\c1cccc(S(=O)(=O)N2CCCC2)c1)[C@H]1OC(=O)C[C@H](O)CC[C@H](C)[C@@H](OC(=O)N2CCNCC2)/C=C/[C@@H]1C.[2HH].[2H][2H].[2H][2H].[2H][2H].[2H][2H].[2H][2H].[2H][2H].[2H][2H].[2H][2H].[2H][2H].[2H][2H].[2H][2H].[2H][2H].[2H][2H].[2H][2H].[2H][2H].[2H][2H].[2H][2H]. The van der Waals surface area contributed by atoms with Crippen LogP contribution in [0.15, 0.2) is 46.9 Å². The minimum Gasteiger partial charge on any atom is -0.457 e. The molecule has 0 spiro atoms. The molecule has 43 heavy (non-hydrogen) atoms. The van der Waals surface area contributed by atoms with Crippen LogP contribution >= 0.6 is 0 Å². The van der Waals surface area contributed by atoms with Gasteiger partial charge < -0.3 is 24.8 Å². The third-order valence-corrected chi connectivity index (χ3v) is 10.2. The number of sulfonamides is 1. The number of aliphatic hydroxyl groups is 1. The monoisotopic (exact) mass is 691 g/mol. The van der Waals surface area contributed by atoms with E-state index in [1.807, 2.05) is 45.1 Å². The Balaban J connectivity index is -0.0000000653. The number of nitrogens with zero attached hydrogens (tertiary/aromatic N) is 2. The second kappa shape index (κ2) is 15.8. The maximum absolute atomic E-state index is 13.1. The molecule has 1 amide bonds. The first kappa shape index (κ1) is 17.7. The summed E-state index contributed by atoms with van der Waals surface area (Å²) in [7, 11) is -3.57. The molecule has 3 heterocycles. The standard InChI is InChI=1S/C31H45N3O7S.CH4.18H2/c1-22-9-11-26(35)21-29(36)41-30(23(2)10-12-28(22)40-31(37)33-17-13-32-14-18-33)24(3)19-25-7-6-8-27(20-25)42(38,39)34-15-4-5-16-34;;;;;;;;;;;;;;;;;;;/h6-8,10,12,19-20,22-23,26,28,30,32,35H,4-5,9,11,13-18,21H2,1-3H3;1H4;18*1H/b12-10+,24-19+;;;;;;;;;;;;;;;;;;;/t22-,23-,26+,28-,30-;;;;;;;;;;;;;;;;;;;/m0.................../s1/i;;17*1+1D;1+1. The number of benzene rings is 1. The summed E-state index contributed by atoms with van der Waals surface area (Å²) in [4.78, 5) is 27.7. The van der Waals surface area contributed by atoms with Gasteiger partial charge in [-0.25, -0.2) is 13.2 Å². The highest BCUT2D eigenvalue weighted by atomic mass is 32.2. The van der Waals surface area contributed by atoms with Gasteiger partial charge in [0.15, 0.2) is 0 Å². The maximum Gasteiger partial charge on any atom is 0.410 e. The van der Waals surface area contributed by atoms with Crippen LogP contribution in [0.25, 0.3) is 6.08 Å². The largest absolute Gasteiger partial charge is 0.457 e. The molecular formula is C32H85N3O7S. The lowest BCUT2D eigenvalue weighted by Crippen LogP contribution is -2.47. The van der Waals surface area contributed by atoms with Crippen LogP contribution in [0.2, 0.25) is 0 Å². The van der Waals surface area contributed by atoms with Gasteiger partial charge in [-0.1, -0.05) is 45.6 Å². The number of piperazine rings is 1. The molecule has 5 atom stereocenters. The molecule has 2 N–H and O–H groups in total. The van der Waals surface area contributed by atoms with Crippen LogP contribution in [0.3, 0.4) is 0 Å². The molecule has 1 aromatic rings. The molecule has 0 radical (unpaired) electrons. The zero-order valence-corrected chi connectivity index (χ0v) is 25.7. The Bertz CT molecular complexity index is 1330. The first-order valence-electron chi connectivity index (χ1n) is 32.0. The highest BCUT2D eigenvalue weighted by molar-refractivity contribution is 7.89. The number of ether oxygens (including phenoxy) is 2. The lowest BCUT2D eigenvalue weighted by molar-refractivity contribution is -0.151. The normalized spacial score (nSPS) is 32.2. The number of aliphatic hydroxyl groups excluding tert-OH is 1. The average Bonchev–Trinajstić information content (AvgIpc) is 4.10. The zero-order chi connectivity index (χ0) is 64.3. The van der Waals surface area contributed by atoms with E-state index in [1.54, 1.807) is 23.1 Å². The summed E-state index contributed by atoms with van der Waals surface area (Å²) >= 11 is 0. The topological polar surface area (TPSA) is 125 Å². The van der Waals surface area contributed by atoms with Crippen molar-refractivity contribution >= 4 is 28.2 Å². The van der Waals surface area contributed by atoms with Gasteiger partial charge in [-0.05, 0) is 67.9 Å². The molecule has 2 fully saturated rings. The molecular weight excluding hydrogens is 570 g/mol. The van der Waals surface area contributed by atoms with Crippen molar-refractivity contribution in [3.05, 3.63) is 47.6 Å². The molecule has 0 aromatic heterocycles. The van der Waals surface area contributed by atoms with Crippen molar-refractivity contribution < 1.29 is 84.5 Å². The van der Waals surface area contributed by atoms with Crippen LogP contribution in [-0.2, 0) is 24.3 Å². The number of nitrogens with one attached hydrogen (secondary N) is 1. The Morgan fingerprint density at radius 3 is 2.53 bits per heavy atom. The van der Waals surface area contributed by atoms with Gasteiger partial charge in [0, 0.05) is 97.1 Å². The van der Waals surface area contributed by atoms with Crippen LogP contribution in [0.1, 0.15) is 118 Å². The number of esters is 1. The Labute approximate surface area is 311 Å². The molecule has 11 heteroatoms. The fraction of sp³-hybridized carbons (Fsp3) is 0.625. The van der Waals surface area contributed by atoms with Crippen molar-refractivity contribution in [3.8, 4) is 0 Å². The minimum atomic E-state index is -3.57. The summed E-state index contributed by atoms with van der Waals surface area (Å²) in [5.41, 5.74) is 1.41. The highest BCUT2D eigenvalue weighted by Gasteiger charge is 2.30. The molecule has 10 nitrogen and oxygen atoms in total. The van der Waals surface area contributed by atoms with E-state index < -0.39 is 34.3 Å². The molecule has 276 valence electrons. The van der Waals surface area contributed by atoms with Crippen molar-refractivity contribution in [2.45, 2.75) is 83.5 Å². The van der Waals surface area contributed by atoms with E-state index in [2.05, 4.69) is 5.32 Å². The first-order chi connectivity index (χ1) is 37.0. The van der Waals surface area contributed by atoms with E-state index in [9.17, 15) is 23.1 Å². The van der Waals surface area contributed by atoms with E-state index in [0.29, 0.717) is 44.6 Å². The summed E-state index contributed by atoms with van der Waals surface area (Å²) < 4.78 is 210. The highest BCUT2D eigenvalue weighted by Crippen LogP contribution is 2.27. The minimum absolute atomic E-state index is 0. The van der Waals surface area contributed by atoms with E-state index >= 15 is 0 Å². The molecule has 3 aliphatic heterocycles. The van der Waals surface area contributed by atoms with Crippen LogP contribution in [0.5, 0.6) is 0 Å². The molecule has 1 aromatic carbocycles. The third-order valence-electron chi connectivity index (χ3n) is 8.27. The van der Waals surface area contributed by atoms with Gasteiger partial charge in [-0.2, -0.15) is 4.31 Å². The van der Waals surface area contributed by atoms with Gasteiger partial charge >= 0.3 is 12.1 Å². The summed E-state index contributed by atoms with van der Waals surface area (Å²) in [6.07, 6.45) is 5.73. The van der Waals surface area contributed by atoms with Crippen LogP contribution in [-0.4, -0.2) is 92.4 Å². The van der Waals surface area contributed by atoms with Crippen molar-refractivity contribution in [2.24, 2.45) is 11.8 Å². The molecule has 3 aliphatic rings. The van der Waals surface area contributed by atoms with Gasteiger partial charge in [-0.15, -0.1) is 0 Å². The van der Waals surface area contributed by atoms with Gasteiger partial charge in [0.25, 0.3) is 0 Å². The van der Waals surface area contributed by atoms with Crippen molar-refractivity contribution in [3.63, 3.8) is 0 Å². The molecule has 0 bridgehead atoms. The smallest absolute Gasteiger partial charge is 0.410 e. The average molecular weight is 691 g/mol. The summed E-state index contributed by atoms with van der Waals surface area (Å²) in [6.45, 7) is 9.41. The third kappa shape index (κ3) is 9.38.